The van der Waals surface area contributed by atoms with Crippen LogP contribution in [0.3, 0.4) is 0 Å². The molecule has 10 nitrogen and oxygen atoms in total. The molecule has 10 heteroatoms. The first-order valence-electron chi connectivity index (χ1n) is 4.32. The summed E-state index contributed by atoms with van der Waals surface area (Å²) in [4.78, 5) is 22.1. The van der Waals surface area contributed by atoms with E-state index in [0.717, 1.165) is 6.92 Å². The van der Waals surface area contributed by atoms with Crippen molar-refractivity contribution in [3.63, 3.8) is 0 Å². The highest BCUT2D eigenvalue weighted by Crippen LogP contribution is 2.21. The van der Waals surface area contributed by atoms with Gasteiger partial charge >= 0.3 is 5.97 Å². The van der Waals surface area contributed by atoms with Gasteiger partial charge in [0.2, 0.25) is 17.3 Å². The Bertz CT molecular complexity index is 461. The van der Waals surface area contributed by atoms with Gasteiger partial charge in [0.15, 0.2) is 5.82 Å². The highest BCUT2D eigenvalue weighted by Gasteiger charge is 2.39. The van der Waals surface area contributed by atoms with Gasteiger partial charge in [0, 0.05) is 0 Å². The number of carbonyl (C=O) groups is 1. The normalized spacial score (nSPS) is 13.3. The van der Waals surface area contributed by atoms with Gasteiger partial charge in [0.1, 0.15) is 0 Å². The summed E-state index contributed by atoms with van der Waals surface area (Å²) in [6.07, 6.45) is 0. The maximum Gasteiger partial charge on any atom is 0.331 e. The Morgan fingerprint density at radius 1 is 1.35 bits per heavy atom. The van der Waals surface area contributed by atoms with Crippen LogP contribution < -0.4 is 22.5 Å². The van der Waals surface area contributed by atoms with Gasteiger partial charge in [0.05, 0.1) is 6.07 Å². The number of nitrogens with one attached hydrogen (secondary N) is 2. The lowest BCUT2D eigenvalue weighted by atomic mass is 9.92. The number of carboxylic acids is 1. The van der Waals surface area contributed by atoms with Crippen LogP contribution in [-0.2, 0) is 10.2 Å². The first kappa shape index (κ1) is 12.6. The van der Waals surface area contributed by atoms with Crippen LogP contribution in [-0.4, -0.2) is 26.0 Å². The molecule has 0 amide bonds. The predicted octanol–water partition coefficient (Wildman–Crippen LogP) is -1.69. The molecule has 1 unspecified atom stereocenters. The fourth-order valence-corrected chi connectivity index (χ4v) is 0.922. The molecule has 0 aliphatic carbocycles. The molecule has 0 aromatic carbocycles. The summed E-state index contributed by atoms with van der Waals surface area (Å²) in [6, 6.07) is 1.61. The molecule has 1 atom stereocenters. The first-order chi connectivity index (χ1) is 7.97. The summed E-state index contributed by atoms with van der Waals surface area (Å²) in [5.74, 6) is 8.32. The van der Waals surface area contributed by atoms with Crippen LogP contribution in [0.5, 0.6) is 0 Å². The molecule has 1 rings (SSSR count). The minimum atomic E-state index is -1.92. The van der Waals surface area contributed by atoms with Crippen LogP contribution in [0.2, 0.25) is 0 Å². The van der Waals surface area contributed by atoms with Gasteiger partial charge in [0.25, 0.3) is 0 Å². The van der Waals surface area contributed by atoms with Crippen molar-refractivity contribution in [3.8, 4) is 6.07 Å². The van der Waals surface area contributed by atoms with E-state index in [2.05, 4.69) is 25.8 Å². The second-order valence-corrected chi connectivity index (χ2v) is 3.14. The molecule has 0 saturated carbocycles. The largest absolute Gasteiger partial charge is 0.480 e. The third-order valence-corrected chi connectivity index (χ3v) is 1.99. The number of anilines is 2. The SMILES string of the molecule is CC(C#N)(C(=O)O)c1nc(NN)nc(NN)n1. The lowest BCUT2D eigenvalue weighted by Crippen LogP contribution is -2.34. The van der Waals surface area contributed by atoms with Crippen molar-refractivity contribution in [2.75, 3.05) is 10.9 Å². The molecule has 0 saturated heterocycles. The lowest BCUT2D eigenvalue weighted by Gasteiger charge is -2.15. The van der Waals surface area contributed by atoms with Gasteiger partial charge in [-0.25, -0.2) is 11.7 Å². The van der Waals surface area contributed by atoms with Crippen LogP contribution in [0, 0.1) is 11.3 Å². The van der Waals surface area contributed by atoms with Gasteiger partial charge in [-0.05, 0) is 6.92 Å². The summed E-state index contributed by atoms with van der Waals surface area (Å²) in [7, 11) is 0. The van der Waals surface area contributed by atoms with Crippen molar-refractivity contribution < 1.29 is 9.90 Å². The molecule has 0 spiro atoms. The van der Waals surface area contributed by atoms with Crippen molar-refractivity contribution >= 4 is 17.9 Å². The van der Waals surface area contributed by atoms with E-state index in [9.17, 15) is 4.79 Å². The van der Waals surface area contributed by atoms with E-state index in [4.69, 9.17) is 22.1 Å². The molecule has 7 N–H and O–H groups in total. The Balaban J connectivity index is 3.40. The van der Waals surface area contributed by atoms with Crippen LogP contribution in [0.4, 0.5) is 11.9 Å². The third kappa shape index (κ3) is 2.19. The van der Waals surface area contributed by atoms with Crippen molar-refractivity contribution in [3.05, 3.63) is 5.82 Å². The van der Waals surface area contributed by atoms with Gasteiger partial charge in [-0.2, -0.15) is 20.2 Å². The fraction of sp³-hybridized carbons (Fsp3) is 0.286. The Kier molecular flexibility index (Phi) is 3.37. The summed E-state index contributed by atoms with van der Waals surface area (Å²) in [6.45, 7) is 1.16. The monoisotopic (exact) mass is 238 g/mol. The maximum atomic E-state index is 11.0. The molecule has 0 aliphatic rings. The minimum Gasteiger partial charge on any atom is -0.480 e. The van der Waals surface area contributed by atoms with Crippen molar-refractivity contribution in [1.29, 1.82) is 5.26 Å². The van der Waals surface area contributed by atoms with E-state index < -0.39 is 11.4 Å². The standard InChI is InChI=1S/C7H10N8O2/c1-7(2-8,4(16)17)3-11-5(14-9)13-6(12-3)15-10/h9-10H2,1H3,(H,16,17)(H2,11,12,13,14,15). The van der Waals surface area contributed by atoms with Crippen LogP contribution in [0.15, 0.2) is 0 Å². The van der Waals surface area contributed by atoms with Gasteiger partial charge in [-0.3, -0.25) is 15.6 Å². The number of hydrogen-bond acceptors (Lipinski definition) is 9. The van der Waals surface area contributed by atoms with Gasteiger partial charge in [-0.15, -0.1) is 0 Å². The summed E-state index contributed by atoms with van der Waals surface area (Å²) >= 11 is 0. The summed E-state index contributed by atoms with van der Waals surface area (Å²) in [5, 5.41) is 17.9. The Hall–Kier alpha value is -2.51. The molecule has 1 aromatic rings. The van der Waals surface area contributed by atoms with Crippen molar-refractivity contribution in [2.45, 2.75) is 12.3 Å². The van der Waals surface area contributed by atoms with E-state index in [-0.39, 0.29) is 17.7 Å². The average molecular weight is 238 g/mol. The first-order valence-corrected chi connectivity index (χ1v) is 4.32. The van der Waals surface area contributed by atoms with E-state index in [0.29, 0.717) is 0 Å². The van der Waals surface area contributed by atoms with Crippen molar-refractivity contribution in [2.24, 2.45) is 11.7 Å². The molecule has 0 aliphatic heterocycles. The zero-order chi connectivity index (χ0) is 13.1. The molecule has 0 fully saturated rings. The highest BCUT2D eigenvalue weighted by molar-refractivity contribution is 5.83. The van der Waals surface area contributed by atoms with Crippen LogP contribution in [0.25, 0.3) is 0 Å². The molecule has 0 bridgehead atoms. The number of aliphatic carboxylic acids is 1. The van der Waals surface area contributed by atoms with Gasteiger partial charge in [-0.1, -0.05) is 0 Å². The summed E-state index contributed by atoms with van der Waals surface area (Å²) in [5.41, 5.74) is 2.32. The number of nitrogens with zero attached hydrogens (tertiary/aromatic N) is 4. The number of hydrazine groups is 2. The molecule has 1 heterocycles. The topological polar surface area (TPSA) is 176 Å². The number of aromatic nitrogens is 3. The van der Waals surface area contributed by atoms with Crippen LogP contribution >= 0.6 is 0 Å². The molecular weight excluding hydrogens is 228 g/mol. The number of nitrogen functional groups attached to an aromatic ring is 2. The Morgan fingerprint density at radius 3 is 2.12 bits per heavy atom. The zero-order valence-electron chi connectivity index (χ0n) is 8.80. The molecular formula is C7H10N8O2. The molecule has 90 valence electrons. The number of rotatable bonds is 4. The number of nitrogens with two attached hydrogens (primary N) is 2. The fourth-order valence-electron chi connectivity index (χ4n) is 0.922. The number of carboxylic acid groups (broad SMARTS) is 1. The van der Waals surface area contributed by atoms with E-state index >= 15 is 0 Å². The Morgan fingerprint density at radius 2 is 1.82 bits per heavy atom. The second kappa shape index (κ2) is 4.56. The molecule has 17 heavy (non-hydrogen) atoms. The van der Waals surface area contributed by atoms with Crippen molar-refractivity contribution in [1.82, 2.24) is 15.0 Å². The average Bonchev–Trinajstić information content (AvgIpc) is 2.36. The van der Waals surface area contributed by atoms with Crippen LogP contribution in [0.1, 0.15) is 12.7 Å². The second-order valence-electron chi connectivity index (χ2n) is 3.14. The number of nitriles is 1. The lowest BCUT2D eigenvalue weighted by molar-refractivity contribution is -0.141. The summed E-state index contributed by atoms with van der Waals surface area (Å²) < 4.78 is 0. The third-order valence-electron chi connectivity index (χ3n) is 1.99. The molecule has 1 aromatic heterocycles. The van der Waals surface area contributed by atoms with E-state index in [1.807, 2.05) is 0 Å². The van der Waals surface area contributed by atoms with E-state index in [1.165, 1.54) is 0 Å². The smallest absolute Gasteiger partial charge is 0.331 e. The maximum absolute atomic E-state index is 11.0. The highest BCUT2D eigenvalue weighted by atomic mass is 16.4. The quantitative estimate of drug-likeness (QED) is 0.300. The van der Waals surface area contributed by atoms with Gasteiger partial charge < -0.3 is 5.11 Å². The predicted molar refractivity (Wildman–Crippen MR) is 56.0 cm³/mol. The molecule has 0 radical (unpaired) electrons. The zero-order valence-corrected chi connectivity index (χ0v) is 8.80. The number of hydrogen-bond donors (Lipinski definition) is 5. The minimum absolute atomic E-state index is 0.106. The Labute approximate surface area is 95.6 Å². The van der Waals surface area contributed by atoms with E-state index in [1.54, 1.807) is 6.07 Å².